The largest absolute Gasteiger partial charge is 0.340 e. The lowest BCUT2D eigenvalue weighted by Gasteiger charge is -2.39. The van der Waals surface area contributed by atoms with Crippen molar-refractivity contribution in [2.24, 2.45) is 5.41 Å². The minimum Gasteiger partial charge on any atom is -0.340 e. The summed E-state index contributed by atoms with van der Waals surface area (Å²) < 4.78 is 0. The Morgan fingerprint density at radius 3 is 2.17 bits per heavy atom. The molecule has 0 bridgehead atoms. The number of benzene rings is 1. The first-order chi connectivity index (χ1) is 10.9. The fraction of sp³-hybridized carbons (Fsp3) is 0.579. The summed E-state index contributed by atoms with van der Waals surface area (Å²) in [7, 11) is 0. The van der Waals surface area contributed by atoms with Gasteiger partial charge in [-0.15, -0.1) is 0 Å². The van der Waals surface area contributed by atoms with E-state index in [1.807, 2.05) is 25.7 Å². The van der Waals surface area contributed by atoms with Crippen molar-refractivity contribution in [1.29, 1.82) is 5.26 Å². The molecule has 1 amide bonds. The van der Waals surface area contributed by atoms with Crippen LogP contribution in [0.4, 0.5) is 0 Å². The SMILES string of the molecule is CCc1ccc(C(C#N)N2CCN(C(=O)C(C)(C)C)CC2)cc1. The maximum Gasteiger partial charge on any atom is 0.228 e. The smallest absolute Gasteiger partial charge is 0.228 e. The molecule has 0 aliphatic carbocycles. The fourth-order valence-electron chi connectivity index (χ4n) is 2.96. The molecular weight excluding hydrogens is 286 g/mol. The molecule has 2 rings (SSSR count). The summed E-state index contributed by atoms with van der Waals surface area (Å²) in [5.41, 5.74) is 1.98. The number of nitrogens with zero attached hydrogens (tertiary/aromatic N) is 3. The molecule has 1 atom stereocenters. The van der Waals surface area contributed by atoms with Crippen LogP contribution in [0, 0.1) is 16.7 Å². The van der Waals surface area contributed by atoms with Gasteiger partial charge in [-0.2, -0.15) is 5.26 Å². The van der Waals surface area contributed by atoms with Gasteiger partial charge in [-0.3, -0.25) is 9.69 Å². The molecule has 0 radical (unpaired) electrons. The quantitative estimate of drug-likeness (QED) is 0.862. The predicted molar refractivity (Wildman–Crippen MR) is 91.8 cm³/mol. The lowest BCUT2D eigenvalue weighted by Crippen LogP contribution is -2.52. The van der Waals surface area contributed by atoms with Crippen LogP contribution in [0.25, 0.3) is 0 Å². The van der Waals surface area contributed by atoms with Crippen LogP contribution in [0.1, 0.15) is 44.9 Å². The van der Waals surface area contributed by atoms with E-state index in [0.29, 0.717) is 13.1 Å². The molecule has 1 aliphatic rings. The zero-order valence-corrected chi connectivity index (χ0v) is 14.7. The summed E-state index contributed by atoms with van der Waals surface area (Å²) in [6.45, 7) is 10.9. The Kier molecular flexibility index (Phi) is 5.43. The van der Waals surface area contributed by atoms with Crippen molar-refractivity contribution in [2.75, 3.05) is 26.2 Å². The number of carbonyl (C=O) groups excluding carboxylic acids is 1. The van der Waals surface area contributed by atoms with Crippen LogP contribution >= 0.6 is 0 Å². The van der Waals surface area contributed by atoms with Gasteiger partial charge in [0.15, 0.2) is 0 Å². The van der Waals surface area contributed by atoms with Crippen LogP contribution in [-0.2, 0) is 11.2 Å². The molecular formula is C19H27N3O. The summed E-state index contributed by atoms with van der Waals surface area (Å²) in [5.74, 6) is 0.193. The number of hydrogen-bond donors (Lipinski definition) is 0. The molecule has 0 aromatic heterocycles. The van der Waals surface area contributed by atoms with Crippen LogP contribution in [0.2, 0.25) is 0 Å². The fourth-order valence-corrected chi connectivity index (χ4v) is 2.96. The highest BCUT2D eigenvalue weighted by Crippen LogP contribution is 2.24. The van der Waals surface area contributed by atoms with Gasteiger partial charge in [0.2, 0.25) is 5.91 Å². The van der Waals surface area contributed by atoms with Crippen molar-refractivity contribution < 1.29 is 4.79 Å². The van der Waals surface area contributed by atoms with Crippen molar-refractivity contribution in [3.8, 4) is 6.07 Å². The lowest BCUT2D eigenvalue weighted by molar-refractivity contribution is -0.141. The van der Waals surface area contributed by atoms with Gasteiger partial charge in [0.05, 0.1) is 6.07 Å². The van der Waals surface area contributed by atoms with E-state index in [0.717, 1.165) is 25.1 Å². The van der Waals surface area contributed by atoms with Crippen molar-refractivity contribution in [3.05, 3.63) is 35.4 Å². The van der Waals surface area contributed by atoms with Crippen LogP contribution < -0.4 is 0 Å². The normalized spacial score (nSPS) is 17.6. The van der Waals surface area contributed by atoms with Crippen molar-refractivity contribution in [3.63, 3.8) is 0 Å². The first kappa shape index (κ1) is 17.5. The monoisotopic (exact) mass is 313 g/mol. The van der Waals surface area contributed by atoms with E-state index >= 15 is 0 Å². The van der Waals surface area contributed by atoms with E-state index in [4.69, 9.17) is 0 Å². The number of piperazine rings is 1. The van der Waals surface area contributed by atoms with Crippen LogP contribution in [0.15, 0.2) is 24.3 Å². The lowest BCUT2D eigenvalue weighted by atomic mass is 9.94. The van der Waals surface area contributed by atoms with E-state index in [-0.39, 0.29) is 17.4 Å². The Bertz CT molecular complexity index is 572. The summed E-state index contributed by atoms with van der Waals surface area (Å²) in [6, 6.07) is 10.5. The Balaban J connectivity index is 2.02. The first-order valence-corrected chi connectivity index (χ1v) is 8.38. The van der Waals surface area contributed by atoms with Gasteiger partial charge in [0, 0.05) is 31.6 Å². The van der Waals surface area contributed by atoms with Gasteiger partial charge in [-0.1, -0.05) is 52.0 Å². The third-order valence-corrected chi connectivity index (χ3v) is 4.43. The topological polar surface area (TPSA) is 47.3 Å². The first-order valence-electron chi connectivity index (χ1n) is 8.38. The number of rotatable bonds is 3. The van der Waals surface area contributed by atoms with Crippen molar-refractivity contribution >= 4 is 5.91 Å². The molecule has 0 saturated carbocycles. The summed E-state index contributed by atoms with van der Waals surface area (Å²) in [4.78, 5) is 16.4. The Morgan fingerprint density at radius 2 is 1.74 bits per heavy atom. The number of aryl methyl sites for hydroxylation is 1. The van der Waals surface area contributed by atoms with Gasteiger partial charge in [-0.25, -0.2) is 0 Å². The molecule has 0 spiro atoms. The Morgan fingerprint density at radius 1 is 1.17 bits per heavy atom. The zero-order valence-electron chi connectivity index (χ0n) is 14.7. The summed E-state index contributed by atoms with van der Waals surface area (Å²) in [5, 5.41) is 9.59. The summed E-state index contributed by atoms with van der Waals surface area (Å²) >= 11 is 0. The molecule has 124 valence electrons. The second-order valence-electron chi connectivity index (χ2n) is 7.20. The van der Waals surface area contributed by atoms with E-state index in [1.54, 1.807) is 0 Å². The van der Waals surface area contributed by atoms with E-state index in [2.05, 4.69) is 42.2 Å². The van der Waals surface area contributed by atoms with Gasteiger partial charge >= 0.3 is 0 Å². The van der Waals surface area contributed by atoms with Gasteiger partial charge < -0.3 is 4.90 Å². The average molecular weight is 313 g/mol. The third kappa shape index (κ3) is 4.11. The van der Waals surface area contributed by atoms with E-state index in [1.165, 1.54) is 5.56 Å². The molecule has 1 unspecified atom stereocenters. The van der Waals surface area contributed by atoms with E-state index in [9.17, 15) is 10.1 Å². The number of hydrogen-bond acceptors (Lipinski definition) is 3. The minimum atomic E-state index is -0.340. The van der Waals surface area contributed by atoms with Crippen LogP contribution in [0.3, 0.4) is 0 Å². The number of nitriles is 1. The maximum atomic E-state index is 12.3. The third-order valence-electron chi connectivity index (χ3n) is 4.43. The van der Waals surface area contributed by atoms with E-state index < -0.39 is 0 Å². The highest BCUT2D eigenvalue weighted by molar-refractivity contribution is 5.81. The molecule has 1 aromatic rings. The second-order valence-corrected chi connectivity index (χ2v) is 7.20. The van der Waals surface area contributed by atoms with Gasteiger partial charge in [-0.05, 0) is 17.5 Å². The second kappa shape index (κ2) is 7.14. The Labute approximate surface area is 139 Å². The molecule has 4 nitrogen and oxygen atoms in total. The number of carbonyl (C=O) groups is 1. The van der Waals surface area contributed by atoms with Crippen molar-refractivity contribution in [2.45, 2.75) is 40.2 Å². The van der Waals surface area contributed by atoms with Gasteiger partial charge in [0.1, 0.15) is 6.04 Å². The Hall–Kier alpha value is -1.86. The van der Waals surface area contributed by atoms with Crippen LogP contribution in [-0.4, -0.2) is 41.9 Å². The standard InChI is InChI=1S/C19H27N3O/c1-5-15-6-8-16(9-7-15)17(14-20)21-10-12-22(13-11-21)18(23)19(2,3)4/h6-9,17H,5,10-13H2,1-4H3. The van der Waals surface area contributed by atoms with Crippen molar-refractivity contribution in [1.82, 2.24) is 9.80 Å². The molecule has 1 aliphatic heterocycles. The average Bonchev–Trinajstić information content (AvgIpc) is 2.55. The molecule has 1 saturated heterocycles. The molecule has 4 heteroatoms. The predicted octanol–water partition coefficient (Wildman–Crippen LogP) is 3.00. The highest BCUT2D eigenvalue weighted by Gasteiger charge is 2.31. The minimum absolute atomic E-state index is 0.193. The molecule has 0 N–H and O–H groups in total. The zero-order chi connectivity index (χ0) is 17.0. The van der Waals surface area contributed by atoms with Crippen LogP contribution in [0.5, 0.6) is 0 Å². The summed E-state index contributed by atoms with van der Waals surface area (Å²) in [6.07, 6.45) is 1.01. The highest BCUT2D eigenvalue weighted by atomic mass is 16.2. The van der Waals surface area contributed by atoms with Gasteiger partial charge in [0.25, 0.3) is 0 Å². The number of amides is 1. The molecule has 1 aromatic carbocycles. The maximum absolute atomic E-state index is 12.3. The molecule has 1 fully saturated rings. The molecule has 23 heavy (non-hydrogen) atoms. The molecule has 1 heterocycles.